The molecule has 0 saturated heterocycles. The minimum Gasteiger partial charge on any atom is -0.373 e. The normalized spacial score (nSPS) is 26.8. The average Bonchev–Trinajstić information content (AvgIpc) is 2.62. The minimum atomic E-state index is 0.495. The zero-order chi connectivity index (χ0) is 10.7. The first kappa shape index (κ1) is 11.6. The van der Waals surface area contributed by atoms with Crippen LogP contribution >= 0.6 is 27.3 Å². The van der Waals surface area contributed by atoms with Crippen molar-refractivity contribution in [1.29, 1.82) is 0 Å². The Labute approximate surface area is 104 Å². The minimum absolute atomic E-state index is 0.495. The fourth-order valence-electron chi connectivity index (χ4n) is 2.16. The highest BCUT2D eigenvalue weighted by Gasteiger charge is 2.19. The van der Waals surface area contributed by atoms with Gasteiger partial charge in [0.05, 0.1) is 12.7 Å². The summed E-state index contributed by atoms with van der Waals surface area (Å²) >= 11 is 5.23. The lowest BCUT2D eigenvalue weighted by molar-refractivity contribution is 0.00590. The van der Waals surface area contributed by atoms with Gasteiger partial charge < -0.3 is 4.74 Å². The SMILES string of the molecule is CC1CCCC(OCc2cc(Br)cs2)C1. The molecule has 1 saturated carbocycles. The molecule has 0 N–H and O–H groups in total. The van der Waals surface area contributed by atoms with Crippen LogP contribution in [0.4, 0.5) is 0 Å². The van der Waals surface area contributed by atoms with E-state index < -0.39 is 0 Å². The van der Waals surface area contributed by atoms with E-state index in [1.165, 1.54) is 35.0 Å². The highest BCUT2D eigenvalue weighted by Crippen LogP contribution is 2.27. The van der Waals surface area contributed by atoms with Crippen LogP contribution in [0.3, 0.4) is 0 Å². The average molecular weight is 289 g/mol. The molecule has 0 spiro atoms. The van der Waals surface area contributed by atoms with Crippen molar-refractivity contribution in [3.05, 3.63) is 20.8 Å². The molecular formula is C12H17BrOS. The summed E-state index contributed by atoms with van der Waals surface area (Å²) in [4.78, 5) is 1.32. The molecule has 0 radical (unpaired) electrons. The van der Waals surface area contributed by atoms with Crippen LogP contribution in [0.5, 0.6) is 0 Å². The molecule has 1 nitrogen and oxygen atoms in total. The number of halogens is 1. The fourth-order valence-corrected chi connectivity index (χ4v) is 3.53. The van der Waals surface area contributed by atoms with Gasteiger partial charge in [0.15, 0.2) is 0 Å². The quantitative estimate of drug-likeness (QED) is 0.789. The monoisotopic (exact) mass is 288 g/mol. The summed E-state index contributed by atoms with van der Waals surface area (Å²) < 4.78 is 7.11. The molecule has 2 atom stereocenters. The Hall–Kier alpha value is 0.140. The van der Waals surface area contributed by atoms with Crippen molar-refractivity contribution in [3.8, 4) is 0 Å². The summed E-state index contributed by atoms with van der Waals surface area (Å²) in [5.74, 6) is 0.846. The molecule has 84 valence electrons. The molecule has 0 bridgehead atoms. The van der Waals surface area contributed by atoms with Crippen molar-refractivity contribution in [3.63, 3.8) is 0 Å². The van der Waals surface area contributed by atoms with E-state index in [4.69, 9.17) is 4.74 Å². The zero-order valence-electron chi connectivity index (χ0n) is 9.04. The molecule has 1 aliphatic rings. The Bertz CT molecular complexity index is 310. The van der Waals surface area contributed by atoms with Crippen molar-refractivity contribution in [2.45, 2.75) is 45.3 Å². The Morgan fingerprint density at radius 1 is 1.53 bits per heavy atom. The molecular weight excluding hydrogens is 272 g/mol. The summed E-state index contributed by atoms with van der Waals surface area (Å²) in [5, 5.41) is 2.11. The van der Waals surface area contributed by atoms with Gasteiger partial charge in [-0.25, -0.2) is 0 Å². The second-order valence-electron chi connectivity index (χ2n) is 4.44. The van der Waals surface area contributed by atoms with Gasteiger partial charge >= 0.3 is 0 Å². The second-order valence-corrected chi connectivity index (χ2v) is 6.35. The van der Waals surface area contributed by atoms with Gasteiger partial charge in [0, 0.05) is 14.7 Å². The van der Waals surface area contributed by atoms with Crippen LogP contribution in [0.25, 0.3) is 0 Å². The van der Waals surface area contributed by atoms with E-state index in [-0.39, 0.29) is 0 Å². The summed E-state index contributed by atoms with van der Waals surface area (Å²) in [6.07, 6.45) is 5.70. The van der Waals surface area contributed by atoms with Gasteiger partial charge in [0.2, 0.25) is 0 Å². The first-order valence-electron chi connectivity index (χ1n) is 5.58. The lowest BCUT2D eigenvalue weighted by Gasteiger charge is -2.26. The van der Waals surface area contributed by atoms with Crippen LogP contribution in [-0.2, 0) is 11.3 Å². The van der Waals surface area contributed by atoms with Crippen LogP contribution in [0.1, 0.15) is 37.5 Å². The maximum absolute atomic E-state index is 5.94. The molecule has 0 aromatic carbocycles. The van der Waals surface area contributed by atoms with E-state index in [2.05, 4.69) is 34.3 Å². The lowest BCUT2D eigenvalue weighted by atomic mass is 9.89. The highest BCUT2D eigenvalue weighted by molar-refractivity contribution is 9.10. The third kappa shape index (κ3) is 3.58. The van der Waals surface area contributed by atoms with Gasteiger partial charge in [-0.3, -0.25) is 0 Å². The van der Waals surface area contributed by atoms with Crippen LogP contribution in [-0.4, -0.2) is 6.10 Å². The largest absolute Gasteiger partial charge is 0.373 e. The van der Waals surface area contributed by atoms with E-state index in [0.717, 1.165) is 12.5 Å². The van der Waals surface area contributed by atoms with Crippen LogP contribution < -0.4 is 0 Å². The van der Waals surface area contributed by atoms with Crippen molar-refractivity contribution in [1.82, 2.24) is 0 Å². The summed E-state index contributed by atoms with van der Waals surface area (Å²) in [6, 6.07) is 2.15. The van der Waals surface area contributed by atoms with Gasteiger partial charge in [0.1, 0.15) is 0 Å². The number of hydrogen-bond acceptors (Lipinski definition) is 2. The lowest BCUT2D eigenvalue weighted by Crippen LogP contribution is -2.21. The molecule has 2 rings (SSSR count). The first-order chi connectivity index (χ1) is 7.24. The standard InChI is InChI=1S/C12H17BrOS/c1-9-3-2-4-11(5-9)14-7-12-6-10(13)8-15-12/h6,8-9,11H,2-5,7H2,1H3. The summed E-state index contributed by atoms with van der Waals surface area (Å²) in [7, 11) is 0. The fraction of sp³-hybridized carbons (Fsp3) is 0.667. The molecule has 0 amide bonds. The van der Waals surface area contributed by atoms with E-state index in [0.29, 0.717) is 6.10 Å². The molecule has 1 aromatic rings. The van der Waals surface area contributed by atoms with Gasteiger partial charge in [-0.2, -0.15) is 0 Å². The molecule has 1 fully saturated rings. The number of thiophene rings is 1. The van der Waals surface area contributed by atoms with Gasteiger partial charge in [-0.05, 0) is 40.8 Å². The molecule has 0 aliphatic heterocycles. The smallest absolute Gasteiger partial charge is 0.0813 e. The molecule has 15 heavy (non-hydrogen) atoms. The van der Waals surface area contributed by atoms with Gasteiger partial charge in [0.25, 0.3) is 0 Å². The summed E-state index contributed by atoms with van der Waals surface area (Å²) in [5.41, 5.74) is 0. The first-order valence-corrected chi connectivity index (χ1v) is 7.26. The van der Waals surface area contributed by atoms with E-state index >= 15 is 0 Å². The molecule has 3 heteroatoms. The number of hydrogen-bond donors (Lipinski definition) is 0. The number of ether oxygens (including phenoxy) is 1. The van der Waals surface area contributed by atoms with Crippen LogP contribution in [0, 0.1) is 5.92 Å². The van der Waals surface area contributed by atoms with E-state index in [1.54, 1.807) is 11.3 Å². The third-order valence-electron chi connectivity index (χ3n) is 2.97. The topological polar surface area (TPSA) is 9.23 Å². The predicted molar refractivity (Wildman–Crippen MR) is 68.2 cm³/mol. The maximum Gasteiger partial charge on any atom is 0.0813 e. The van der Waals surface area contributed by atoms with Crippen molar-refractivity contribution >= 4 is 27.3 Å². The van der Waals surface area contributed by atoms with E-state index in [1.807, 2.05) is 0 Å². The van der Waals surface area contributed by atoms with Crippen molar-refractivity contribution in [2.75, 3.05) is 0 Å². The second kappa shape index (κ2) is 5.46. The van der Waals surface area contributed by atoms with Crippen molar-refractivity contribution in [2.24, 2.45) is 5.92 Å². The van der Waals surface area contributed by atoms with E-state index in [9.17, 15) is 0 Å². The molecule has 1 aliphatic carbocycles. The molecule has 2 unspecified atom stereocenters. The maximum atomic E-state index is 5.94. The molecule has 1 heterocycles. The van der Waals surface area contributed by atoms with Crippen LogP contribution in [0.2, 0.25) is 0 Å². The number of rotatable bonds is 3. The highest BCUT2D eigenvalue weighted by atomic mass is 79.9. The van der Waals surface area contributed by atoms with Crippen molar-refractivity contribution < 1.29 is 4.74 Å². The Balaban J connectivity index is 1.77. The van der Waals surface area contributed by atoms with Gasteiger partial charge in [-0.1, -0.05) is 19.8 Å². The third-order valence-corrected chi connectivity index (χ3v) is 4.64. The zero-order valence-corrected chi connectivity index (χ0v) is 11.4. The predicted octanol–water partition coefficient (Wildman–Crippen LogP) is 4.61. The van der Waals surface area contributed by atoms with Gasteiger partial charge in [-0.15, -0.1) is 11.3 Å². The Morgan fingerprint density at radius 2 is 2.40 bits per heavy atom. The Kier molecular flexibility index (Phi) is 4.23. The molecule has 1 aromatic heterocycles. The van der Waals surface area contributed by atoms with Crippen LogP contribution in [0.15, 0.2) is 15.9 Å². The Morgan fingerprint density at radius 3 is 3.07 bits per heavy atom. The summed E-state index contributed by atoms with van der Waals surface area (Å²) in [6.45, 7) is 3.12.